The van der Waals surface area contributed by atoms with Gasteiger partial charge in [0.2, 0.25) is 0 Å². The molecule has 2 aliphatic heterocycles. The number of aliphatic hydroxyl groups is 1. The van der Waals surface area contributed by atoms with Crippen molar-refractivity contribution in [2.45, 2.75) is 141 Å². The average molecular weight is 723 g/mol. The highest BCUT2D eigenvalue weighted by Crippen LogP contribution is 2.32. The minimum atomic E-state index is -1.19. The van der Waals surface area contributed by atoms with Gasteiger partial charge in [-0.3, -0.25) is 28.8 Å². The van der Waals surface area contributed by atoms with Crippen LogP contribution in [0.3, 0.4) is 0 Å². The molecular weight excluding hydrogens is 672 g/mol. The van der Waals surface area contributed by atoms with E-state index in [1.807, 2.05) is 24.3 Å². The summed E-state index contributed by atoms with van der Waals surface area (Å²) in [5, 5.41) is 10.7. The fraction of sp³-hybridized carbons (Fsp3) is 0.667. The summed E-state index contributed by atoms with van der Waals surface area (Å²) >= 11 is 0. The van der Waals surface area contributed by atoms with Crippen molar-refractivity contribution in [1.82, 2.24) is 0 Å². The van der Waals surface area contributed by atoms with E-state index in [2.05, 4.69) is 0 Å². The molecule has 2 aliphatic rings. The Morgan fingerprint density at radius 2 is 0.980 bits per heavy atom. The third-order valence-corrected chi connectivity index (χ3v) is 8.45. The predicted molar refractivity (Wildman–Crippen MR) is 176 cm³/mol. The van der Waals surface area contributed by atoms with Gasteiger partial charge in [0, 0.05) is 48.0 Å². The number of ether oxygens (including phenoxy) is 8. The van der Waals surface area contributed by atoms with Crippen molar-refractivity contribution in [2.24, 2.45) is 0 Å². The second kappa shape index (κ2) is 20.1. The van der Waals surface area contributed by atoms with Crippen molar-refractivity contribution in [3.05, 3.63) is 35.4 Å². The molecule has 9 atom stereocenters. The minimum Gasteiger partial charge on any atom is -0.463 e. The van der Waals surface area contributed by atoms with Crippen molar-refractivity contribution in [3.63, 3.8) is 0 Å². The number of aliphatic hydroxyl groups excluding tert-OH is 1. The van der Waals surface area contributed by atoms with Crippen molar-refractivity contribution >= 4 is 35.8 Å². The maximum absolute atomic E-state index is 12.1. The molecule has 0 aliphatic carbocycles. The molecule has 1 N–H and O–H groups in total. The second-order valence-corrected chi connectivity index (χ2v) is 12.8. The van der Waals surface area contributed by atoms with Crippen LogP contribution >= 0.6 is 0 Å². The van der Waals surface area contributed by atoms with E-state index in [0.29, 0.717) is 32.1 Å². The fourth-order valence-electron chi connectivity index (χ4n) is 6.33. The first-order valence-corrected chi connectivity index (χ1v) is 17.1. The van der Waals surface area contributed by atoms with E-state index in [1.165, 1.54) is 41.5 Å². The van der Waals surface area contributed by atoms with Gasteiger partial charge in [-0.05, 0) is 49.7 Å². The molecule has 51 heavy (non-hydrogen) atoms. The molecule has 0 radical (unpaired) electrons. The maximum Gasteiger partial charge on any atom is 0.303 e. The van der Waals surface area contributed by atoms with Crippen LogP contribution < -0.4 is 0 Å². The fourth-order valence-corrected chi connectivity index (χ4v) is 6.33. The van der Waals surface area contributed by atoms with Crippen LogP contribution in [-0.4, -0.2) is 109 Å². The molecule has 0 bridgehead atoms. The van der Waals surface area contributed by atoms with Gasteiger partial charge < -0.3 is 43.0 Å². The Hall–Kier alpha value is -4.08. The zero-order chi connectivity index (χ0) is 37.7. The Morgan fingerprint density at radius 1 is 0.569 bits per heavy atom. The normalized spacial score (nSPS) is 27.4. The van der Waals surface area contributed by atoms with Gasteiger partial charge in [0.15, 0.2) is 18.3 Å². The van der Waals surface area contributed by atoms with Crippen molar-refractivity contribution in [3.8, 4) is 0 Å². The molecule has 0 amide bonds. The van der Waals surface area contributed by atoms with E-state index in [1.54, 1.807) is 0 Å². The van der Waals surface area contributed by atoms with Crippen molar-refractivity contribution in [1.29, 1.82) is 0 Å². The van der Waals surface area contributed by atoms with Gasteiger partial charge in [0.05, 0.1) is 18.3 Å². The number of benzene rings is 1. The van der Waals surface area contributed by atoms with Crippen molar-refractivity contribution in [2.75, 3.05) is 13.2 Å². The number of esters is 6. The Labute approximate surface area is 297 Å². The lowest BCUT2D eigenvalue weighted by atomic mass is 9.91. The summed E-state index contributed by atoms with van der Waals surface area (Å²) in [6.45, 7) is 7.00. The average Bonchev–Trinajstić information content (AvgIpc) is 3.03. The van der Waals surface area contributed by atoms with E-state index in [4.69, 9.17) is 37.9 Å². The summed E-state index contributed by atoms with van der Waals surface area (Å²) in [6.07, 6.45) is -4.17. The number of hydrogen-bond acceptors (Lipinski definition) is 15. The molecule has 3 rings (SSSR count). The first kappa shape index (κ1) is 41.3. The molecule has 1 aromatic carbocycles. The third kappa shape index (κ3) is 13.9. The summed E-state index contributed by atoms with van der Waals surface area (Å²) in [5.74, 6) is -3.57. The molecule has 0 saturated carbocycles. The largest absolute Gasteiger partial charge is 0.463 e. The molecule has 15 nitrogen and oxygen atoms in total. The van der Waals surface area contributed by atoms with E-state index >= 15 is 0 Å². The Bertz CT molecular complexity index is 1340. The first-order valence-electron chi connectivity index (χ1n) is 17.1. The number of rotatable bonds is 16. The highest BCUT2D eigenvalue weighted by molar-refractivity contribution is 5.69. The van der Waals surface area contributed by atoms with Gasteiger partial charge >= 0.3 is 35.8 Å². The molecule has 15 heteroatoms. The van der Waals surface area contributed by atoms with Crippen LogP contribution in [0.2, 0.25) is 0 Å². The zero-order valence-corrected chi connectivity index (χ0v) is 30.0. The zero-order valence-electron chi connectivity index (χ0n) is 30.0. The molecule has 2 saturated heterocycles. The summed E-state index contributed by atoms with van der Waals surface area (Å²) in [5.41, 5.74) is 2.12. The first-order chi connectivity index (χ1) is 24.1. The highest BCUT2D eigenvalue weighted by Gasteiger charge is 2.51. The Kier molecular flexibility index (Phi) is 16.3. The number of aryl methyl sites for hydroxylation is 2. The summed E-state index contributed by atoms with van der Waals surface area (Å²) in [4.78, 5) is 70.5. The van der Waals surface area contributed by atoms with E-state index < -0.39 is 90.8 Å². The Morgan fingerprint density at radius 3 is 1.45 bits per heavy atom. The van der Waals surface area contributed by atoms with Crippen molar-refractivity contribution < 1.29 is 71.8 Å². The summed E-state index contributed by atoms with van der Waals surface area (Å²) in [6, 6.07) is 8.05. The number of hydrogen-bond donors (Lipinski definition) is 1. The molecule has 284 valence electrons. The van der Waals surface area contributed by atoms with Gasteiger partial charge in [0.25, 0.3) is 0 Å². The summed E-state index contributed by atoms with van der Waals surface area (Å²) < 4.78 is 44.2. The predicted octanol–water partition coefficient (Wildman–Crippen LogP) is 2.47. The van der Waals surface area contributed by atoms with Gasteiger partial charge in [-0.1, -0.05) is 24.3 Å². The molecular formula is C36H50O15. The molecule has 2 fully saturated rings. The summed E-state index contributed by atoms with van der Waals surface area (Å²) in [7, 11) is 0. The molecule has 0 spiro atoms. The third-order valence-electron chi connectivity index (χ3n) is 8.45. The van der Waals surface area contributed by atoms with E-state index in [9.17, 15) is 33.9 Å². The lowest BCUT2D eigenvalue weighted by molar-refractivity contribution is -0.253. The van der Waals surface area contributed by atoms with Crippen LogP contribution in [0.15, 0.2) is 24.3 Å². The quantitative estimate of drug-likeness (QED) is 0.193. The SMILES string of the molecule is CC(=O)OC[C@H]1O[C@H](CCCc2ccc(CCC[C@H]3O[C@H](COC(C)=O)[C@@H](OC(C)=O)C[C@@H]3O)cc2)[C@@H](OC(C)=O)[C@@H](OC(C)=O)[C@@H]1OC(C)=O. The topological polar surface area (TPSA) is 196 Å². The van der Waals surface area contributed by atoms with Crippen LogP contribution in [0.4, 0.5) is 0 Å². The standard InChI is InChI=1S/C36H50O15/c1-20(37)44-18-32-31(46-22(3)39)17-28(43)29(50-32)11-7-9-26-13-15-27(16-14-26)10-8-12-30-34(47-23(4)40)36(49-25(6)42)35(48-24(5)41)33(51-30)19-45-21(2)38/h13-16,28-36,43H,7-12,17-19H2,1-6H3/t28-,29+,30+,31-,32+,33+,34+,35+,36+/m0/s1. The van der Waals surface area contributed by atoms with Gasteiger partial charge in [0.1, 0.15) is 31.5 Å². The lowest BCUT2D eigenvalue weighted by Crippen LogP contribution is -2.62. The Balaban J connectivity index is 1.59. The molecule has 0 unspecified atom stereocenters. The molecule has 1 aromatic rings. The monoisotopic (exact) mass is 722 g/mol. The lowest BCUT2D eigenvalue weighted by Gasteiger charge is -2.44. The minimum absolute atomic E-state index is 0.0777. The number of carbonyl (C=O) groups is 6. The van der Waals surface area contributed by atoms with E-state index in [-0.39, 0.29) is 19.6 Å². The number of carbonyl (C=O) groups excluding carboxylic acids is 6. The highest BCUT2D eigenvalue weighted by atomic mass is 16.7. The van der Waals surface area contributed by atoms with E-state index in [0.717, 1.165) is 17.5 Å². The van der Waals surface area contributed by atoms with Gasteiger partial charge in [-0.25, -0.2) is 0 Å². The second-order valence-electron chi connectivity index (χ2n) is 12.8. The molecule has 0 aromatic heterocycles. The maximum atomic E-state index is 12.1. The van der Waals surface area contributed by atoms with Crippen LogP contribution in [0.25, 0.3) is 0 Å². The molecule has 2 heterocycles. The smallest absolute Gasteiger partial charge is 0.303 e. The van der Waals surface area contributed by atoms with Crippen LogP contribution in [-0.2, 0) is 79.5 Å². The van der Waals surface area contributed by atoms with Crippen LogP contribution in [0.5, 0.6) is 0 Å². The van der Waals surface area contributed by atoms with Gasteiger partial charge in [-0.15, -0.1) is 0 Å². The van der Waals surface area contributed by atoms with Crippen LogP contribution in [0, 0.1) is 0 Å². The van der Waals surface area contributed by atoms with Crippen LogP contribution in [0.1, 0.15) is 84.8 Å². The van der Waals surface area contributed by atoms with Gasteiger partial charge in [-0.2, -0.15) is 0 Å².